The van der Waals surface area contributed by atoms with E-state index in [0.717, 1.165) is 41.4 Å². The Labute approximate surface area is 290 Å². The molecule has 0 aromatic heterocycles. The molecule has 0 bridgehead atoms. The van der Waals surface area contributed by atoms with E-state index in [4.69, 9.17) is 9.47 Å². The van der Waals surface area contributed by atoms with Gasteiger partial charge in [-0.15, -0.1) is 0 Å². The number of fused-ring (bicyclic) bond motifs is 1. The first kappa shape index (κ1) is 34.9. The quantitative estimate of drug-likeness (QED) is 0.294. The number of piperidine rings is 1. The lowest BCUT2D eigenvalue weighted by atomic mass is 9.81. The van der Waals surface area contributed by atoms with Crippen LogP contribution in [0.15, 0.2) is 71.6 Å². The van der Waals surface area contributed by atoms with E-state index in [0.29, 0.717) is 43.5 Å². The monoisotopic (exact) mass is 688 g/mol. The SMILES string of the molecule is COc1ccc2c(c1)C(OC(=O)N1CCN(C3CCN(C)CC3)CC1)(c1ccccc1C(C)C)C(=O)N2S(=O)(=O)c1ccc(C(C)C)cc1. The maximum Gasteiger partial charge on any atom is 0.411 e. The maximum atomic E-state index is 15.2. The molecule has 6 rings (SSSR count). The van der Waals surface area contributed by atoms with Crippen LogP contribution < -0.4 is 9.04 Å². The van der Waals surface area contributed by atoms with Gasteiger partial charge in [0.25, 0.3) is 15.9 Å². The average Bonchev–Trinajstić information content (AvgIpc) is 3.36. The Morgan fingerprint density at radius 3 is 2.10 bits per heavy atom. The molecule has 262 valence electrons. The second-order valence-corrected chi connectivity index (χ2v) is 15.8. The number of anilines is 1. The summed E-state index contributed by atoms with van der Waals surface area (Å²) in [5.74, 6) is -0.332. The van der Waals surface area contributed by atoms with Crippen LogP contribution in [0.4, 0.5) is 10.5 Å². The van der Waals surface area contributed by atoms with Gasteiger partial charge < -0.3 is 19.3 Å². The highest BCUT2D eigenvalue weighted by atomic mass is 32.2. The Kier molecular flexibility index (Phi) is 9.81. The third-order valence-electron chi connectivity index (χ3n) is 10.4. The van der Waals surface area contributed by atoms with Gasteiger partial charge in [0.05, 0.1) is 17.7 Å². The first-order valence-electron chi connectivity index (χ1n) is 17.3. The molecule has 2 amide bonds. The second kappa shape index (κ2) is 13.8. The van der Waals surface area contributed by atoms with E-state index in [-0.39, 0.29) is 28.0 Å². The molecule has 3 aliphatic heterocycles. The van der Waals surface area contributed by atoms with Crippen molar-refractivity contribution in [2.24, 2.45) is 0 Å². The van der Waals surface area contributed by atoms with Crippen LogP contribution in [0.2, 0.25) is 0 Å². The highest BCUT2D eigenvalue weighted by molar-refractivity contribution is 7.93. The molecule has 1 unspecified atom stereocenters. The minimum atomic E-state index is -4.43. The second-order valence-electron chi connectivity index (χ2n) is 14.0. The molecule has 3 aliphatic rings. The Balaban J connectivity index is 1.43. The van der Waals surface area contributed by atoms with Crippen molar-refractivity contribution >= 4 is 27.7 Å². The zero-order chi connectivity index (χ0) is 35.1. The first-order chi connectivity index (χ1) is 23.4. The molecule has 49 heavy (non-hydrogen) atoms. The summed E-state index contributed by atoms with van der Waals surface area (Å²) in [6, 6.07) is 19.2. The minimum absolute atomic E-state index is 0.0312. The number of hydrogen-bond acceptors (Lipinski definition) is 8. The number of sulfonamides is 1. The van der Waals surface area contributed by atoms with E-state index in [2.05, 4.69) is 16.8 Å². The summed E-state index contributed by atoms with van der Waals surface area (Å²) >= 11 is 0. The number of ether oxygens (including phenoxy) is 2. The third-order valence-corrected chi connectivity index (χ3v) is 12.1. The molecule has 2 saturated heterocycles. The van der Waals surface area contributed by atoms with E-state index in [1.54, 1.807) is 47.4 Å². The molecular formula is C38H48N4O6S. The molecule has 0 N–H and O–H groups in total. The Morgan fingerprint density at radius 2 is 1.49 bits per heavy atom. The van der Waals surface area contributed by atoms with Gasteiger partial charge >= 0.3 is 6.09 Å². The molecule has 10 nitrogen and oxygen atoms in total. The van der Waals surface area contributed by atoms with Gasteiger partial charge in [-0.25, -0.2) is 13.2 Å². The Morgan fingerprint density at radius 1 is 0.837 bits per heavy atom. The smallest absolute Gasteiger partial charge is 0.411 e. The van der Waals surface area contributed by atoms with Crippen LogP contribution in [-0.2, 0) is 25.2 Å². The molecule has 3 aromatic carbocycles. The number of likely N-dealkylation sites (tertiary alicyclic amines) is 1. The normalized spacial score (nSPS) is 21.0. The zero-order valence-electron chi connectivity index (χ0n) is 29.4. The first-order valence-corrected chi connectivity index (χ1v) is 18.7. The van der Waals surface area contributed by atoms with Crippen molar-refractivity contribution in [2.75, 3.05) is 57.7 Å². The van der Waals surface area contributed by atoms with Gasteiger partial charge in [0.15, 0.2) is 0 Å². The molecule has 3 heterocycles. The van der Waals surface area contributed by atoms with Crippen LogP contribution in [0.3, 0.4) is 0 Å². The summed E-state index contributed by atoms with van der Waals surface area (Å²) < 4.78 is 41.9. The summed E-state index contributed by atoms with van der Waals surface area (Å²) in [5.41, 5.74) is 0.447. The van der Waals surface area contributed by atoms with Crippen LogP contribution >= 0.6 is 0 Å². The van der Waals surface area contributed by atoms with E-state index in [9.17, 15) is 13.2 Å². The number of amides is 2. The predicted molar refractivity (Wildman–Crippen MR) is 190 cm³/mol. The zero-order valence-corrected chi connectivity index (χ0v) is 30.2. The van der Waals surface area contributed by atoms with Gasteiger partial charge in [0.2, 0.25) is 5.60 Å². The van der Waals surface area contributed by atoms with Gasteiger partial charge in [0, 0.05) is 43.3 Å². The molecule has 0 radical (unpaired) electrons. The summed E-state index contributed by atoms with van der Waals surface area (Å²) in [6.07, 6.45) is 1.52. The standard InChI is InChI=1S/C38H48N4O6S/c1-26(2)28-11-14-31(15-12-28)49(45,46)42-35-16-13-30(47-6)25-34(35)38(36(42)43,33-10-8-7-9-32(33)27(3)4)48-37(44)41-23-21-40(22-24-41)29-17-19-39(5)20-18-29/h7-16,25-27,29H,17-24H2,1-6H3. The van der Waals surface area contributed by atoms with E-state index >= 15 is 4.79 Å². The lowest BCUT2D eigenvalue weighted by molar-refractivity contribution is -0.132. The van der Waals surface area contributed by atoms with E-state index in [1.807, 2.05) is 39.8 Å². The van der Waals surface area contributed by atoms with Crippen molar-refractivity contribution in [1.29, 1.82) is 0 Å². The number of hydrogen-bond donors (Lipinski definition) is 0. The summed E-state index contributed by atoms with van der Waals surface area (Å²) in [7, 11) is -0.786. The number of carbonyl (C=O) groups is 2. The third kappa shape index (κ3) is 6.32. The average molecular weight is 689 g/mol. The van der Waals surface area contributed by atoms with Crippen molar-refractivity contribution in [1.82, 2.24) is 14.7 Å². The lowest BCUT2D eigenvalue weighted by Gasteiger charge is -2.42. The maximum absolute atomic E-state index is 15.2. The van der Waals surface area contributed by atoms with E-state index in [1.165, 1.54) is 19.2 Å². The van der Waals surface area contributed by atoms with Gasteiger partial charge in [-0.1, -0.05) is 64.1 Å². The van der Waals surface area contributed by atoms with Crippen LogP contribution in [0.25, 0.3) is 0 Å². The molecule has 3 aromatic rings. The van der Waals surface area contributed by atoms with Crippen LogP contribution in [0, 0.1) is 0 Å². The van der Waals surface area contributed by atoms with Crippen LogP contribution in [-0.4, -0.2) is 94.6 Å². The number of benzene rings is 3. The number of nitrogens with zero attached hydrogens (tertiary/aromatic N) is 4. The highest BCUT2D eigenvalue weighted by Crippen LogP contribution is 2.52. The fourth-order valence-corrected chi connectivity index (χ4v) is 8.85. The van der Waals surface area contributed by atoms with E-state index < -0.39 is 27.6 Å². The van der Waals surface area contributed by atoms with Gasteiger partial charge in [0.1, 0.15) is 5.75 Å². The predicted octanol–water partition coefficient (Wildman–Crippen LogP) is 5.77. The largest absolute Gasteiger partial charge is 0.497 e. The highest BCUT2D eigenvalue weighted by Gasteiger charge is 2.60. The molecule has 0 spiro atoms. The van der Waals surface area contributed by atoms with Gasteiger partial charge in [-0.05, 0) is 86.3 Å². The van der Waals surface area contributed by atoms with Gasteiger partial charge in [-0.3, -0.25) is 9.69 Å². The van der Waals surface area contributed by atoms with Crippen molar-refractivity contribution in [3.05, 3.63) is 89.0 Å². The molecule has 0 saturated carbocycles. The van der Waals surface area contributed by atoms with Crippen LogP contribution in [0.5, 0.6) is 5.75 Å². The summed E-state index contributed by atoms with van der Waals surface area (Å²) in [4.78, 5) is 35.9. The Hall–Kier alpha value is -3.93. The molecule has 11 heteroatoms. The number of piperazine rings is 1. The number of methoxy groups -OCH3 is 1. The number of carbonyl (C=O) groups excluding carboxylic acids is 2. The molecular weight excluding hydrogens is 641 g/mol. The fourth-order valence-electron chi connectivity index (χ4n) is 7.40. The van der Waals surface area contributed by atoms with Crippen LogP contribution in [0.1, 0.15) is 74.6 Å². The summed E-state index contributed by atoms with van der Waals surface area (Å²) in [6.45, 7) is 12.4. The molecule has 0 aliphatic carbocycles. The fraction of sp³-hybridized carbons (Fsp3) is 0.474. The van der Waals surface area contributed by atoms with Gasteiger partial charge in [-0.2, -0.15) is 4.31 Å². The topological polar surface area (TPSA) is 99.7 Å². The van der Waals surface area contributed by atoms with Crippen molar-refractivity contribution in [3.63, 3.8) is 0 Å². The summed E-state index contributed by atoms with van der Waals surface area (Å²) in [5, 5.41) is 0. The molecule has 1 atom stereocenters. The van der Waals surface area contributed by atoms with Crippen molar-refractivity contribution in [3.8, 4) is 5.75 Å². The number of rotatable bonds is 8. The molecule has 2 fully saturated rings. The lowest BCUT2D eigenvalue weighted by Crippen LogP contribution is -2.55. The van der Waals surface area contributed by atoms with Crippen molar-refractivity contribution < 1.29 is 27.5 Å². The minimum Gasteiger partial charge on any atom is -0.497 e. The van der Waals surface area contributed by atoms with Crippen molar-refractivity contribution in [2.45, 2.75) is 68.9 Å². The Bertz CT molecular complexity index is 1790.